The topological polar surface area (TPSA) is 41.1 Å². The number of anilines is 1. The van der Waals surface area contributed by atoms with Crippen LogP contribution in [0.15, 0.2) is 41.1 Å². The number of hydrogen-bond acceptors (Lipinski definition) is 3. The van der Waals surface area contributed by atoms with Crippen molar-refractivity contribution in [3.8, 4) is 0 Å². The van der Waals surface area contributed by atoms with Gasteiger partial charge in [-0.1, -0.05) is 39.0 Å². The summed E-state index contributed by atoms with van der Waals surface area (Å²) < 4.78 is 0. The van der Waals surface area contributed by atoms with E-state index in [0.717, 1.165) is 17.7 Å². The minimum Gasteiger partial charge on any atom is -0.325 e. The zero-order valence-electron chi connectivity index (χ0n) is 13.6. The molecule has 1 unspecified atom stereocenters. The average Bonchev–Trinajstić information content (AvgIpc) is 2.99. The lowest BCUT2D eigenvalue weighted by atomic mass is 9.94. The second-order valence-corrected chi connectivity index (χ2v) is 7.24. The second-order valence-electron chi connectivity index (χ2n) is 6.46. The number of carbonyl (C=O) groups excluding carboxylic acids is 1. The highest BCUT2D eigenvalue weighted by molar-refractivity contribution is 7.07. The molecule has 0 aliphatic heterocycles. The van der Waals surface area contributed by atoms with E-state index in [-0.39, 0.29) is 11.9 Å². The Morgan fingerprint density at radius 1 is 1.23 bits per heavy atom. The molecular formula is C18H24N2OS. The molecule has 0 aliphatic carbocycles. The van der Waals surface area contributed by atoms with Gasteiger partial charge in [-0.05, 0) is 47.5 Å². The summed E-state index contributed by atoms with van der Waals surface area (Å²) in [7, 11) is 1.97. The fourth-order valence-electron chi connectivity index (χ4n) is 2.21. The van der Waals surface area contributed by atoms with Crippen molar-refractivity contribution in [3.05, 3.63) is 52.2 Å². The molecule has 0 aliphatic rings. The fraction of sp³-hybridized carbons (Fsp3) is 0.389. The maximum Gasteiger partial charge on any atom is 0.229 e. The Labute approximate surface area is 136 Å². The first kappa shape index (κ1) is 16.7. The van der Waals surface area contributed by atoms with Crippen LogP contribution in [-0.2, 0) is 11.2 Å². The van der Waals surface area contributed by atoms with Gasteiger partial charge in [0.25, 0.3) is 0 Å². The van der Waals surface area contributed by atoms with Crippen LogP contribution in [0.2, 0.25) is 0 Å². The van der Waals surface area contributed by atoms with Gasteiger partial charge in [0.05, 0.1) is 0 Å². The third-order valence-electron chi connectivity index (χ3n) is 3.66. The third kappa shape index (κ3) is 4.18. The molecule has 0 radical (unpaired) electrons. The summed E-state index contributed by atoms with van der Waals surface area (Å²) in [5.41, 5.74) is 2.93. The first-order valence-corrected chi connectivity index (χ1v) is 8.45. The Bertz CT molecular complexity index is 614. The predicted octanol–water partition coefficient (Wildman–Crippen LogP) is 4.24. The van der Waals surface area contributed by atoms with Crippen LogP contribution in [0, 0.1) is 5.41 Å². The molecule has 1 aromatic heterocycles. The minimum absolute atomic E-state index is 0.0384. The van der Waals surface area contributed by atoms with Crippen molar-refractivity contribution in [2.75, 3.05) is 12.4 Å². The molecule has 2 rings (SSSR count). The van der Waals surface area contributed by atoms with Crippen molar-refractivity contribution in [2.24, 2.45) is 5.41 Å². The summed E-state index contributed by atoms with van der Waals surface area (Å²) in [5.74, 6) is 0.0384. The fourth-order valence-corrected chi connectivity index (χ4v) is 2.92. The van der Waals surface area contributed by atoms with E-state index in [9.17, 15) is 4.79 Å². The van der Waals surface area contributed by atoms with Gasteiger partial charge in [0, 0.05) is 17.1 Å². The number of hydrogen-bond donors (Lipinski definition) is 2. The number of benzene rings is 1. The van der Waals surface area contributed by atoms with E-state index in [1.54, 1.807) is 11.3 Å². The maximum absolute atomic E-state index is 12.2. The Morgan fingerprint density at radius 2 is 1.95 bits per heavy atom. The standard InChI is InChI=1S/C18H24N2OS/c1-18(2,3)17(21)20-15-8-6-5-7-13(15)11-16(19-4)14-9-10-22-12-14/h5-10,12,16,19H,11H2,1-4H3,(H,20,21). The van der Waals surface area contributed by atoms with Gasteiger partial charge < -0.3 is 10.6 Å². The Balaban J connectivity index is 2.19. The summed E-state index contributed by atoms with van der Waals surface area (Å²) in [6.45, 7) is 5.77. The van der Waals surface area contributed by atoms with Gasteiger partial charge in [-0.2, -0.15) is 11.3 Å². The molecule has 0 fully saturated rings. The van der Waals surface area contributed by atoms with Gasteiger partial charge in [0.15, 0.2) is 0 Å². The number of amides is 1. The van der Waals surface area contributed by atoms with Crippen molar-refractivity contribution in [3.63, 3.8) is 0 Å². The van der Waals surface area contributed by atoms with E-state index < -0.39 is 5.41 Å². The first-order chi connectivity index (χ1) is 10.4. The summed E-state index contributed by atoms with van der Waals surface area (Å²) in [6, 6.07) is 10.4. The molecule has 0 saturated carbocycles. The van der Waals surface area contributed by atoms with E-state index in [1.807, 2.05) is 46.0 Å². The highest BCUT2D eigenvalue weighted by Crippen LogP contribution is 2.26. The molecule has 1 heterocycles. The molecule has 1 amide bonds. The zero-order valence-corrected chi connectivity index (χ0v) is 14.5. The lowest BCUT2D eigenvalue weighted by molar-refractivity contribution is -0.123. The zero-order chi connectivity index (χ0) is 16.2. The molecule has 0 spiro atoms. The molecule has 4 heteroatoms. The van der Waals surface area contributed by atoms with Crippen molar-refractivity contribution < 1.29 is 4.79 Å². The van der Waals surface area contributed by atoms with Crippen LogP contribution in [0.5, 0.6) is 0 Å². The molecule has 0 bridgehead atoms. The number of likely N-dealkylation sites (N-methyl/N-ethyl adjacent to an activating group) is 1. The lowest BCUT2D eigenvalue weighted by Crippen LogP contribution is -2.28. The van der Waals surface area contributed by atoms with Crippen LogP contribution in [0.3, 0.4) is 0 Å². The largest absolute Gasteiger partial charge is 0.325 e. The quantitative estimate of drug-likeness (QED) is 0.866. The summed E-state index contributed by atoms with van der Waals surface area (Å²) in [4.78, 5) is 12.2. The number of nitrogens with one attached hydrogen (secondary N) is 2. The second kappa shape index (κ2) is 7.07. The molecular weight excluding hydrogens is 292 g/mol. The number of carbonyl (C=O) groups is 1. The third-order valence-corrected chi connectivity index (χ3v) is 4.37. The Morgan fingerprint density at radius 3 is 2.55 bits per heavy atom. The highest BCUT2D eigenvalue weighted by Gasteiger charge is 2.22. The average molecular weight is 316 g/mol. The summed E-state index contributed by atoms with van der Waals surface area (Å²) >= 11 is 1.70. The van der Waals surface area contributed by atoms with Crippen molar-refractivity contribution >= 4 is 22.9 Å². The first-order valence-electron chi connectivity index (χ1n) is 7.50. The maximum atomic E-state index is 12.2. The van der Waals surface area contributed by atoms with Crippen LogP contribution < -0.4 is 10.6 Å². The van der Waals surface area contributed by atoms with Crippen LogP contribution >= 0.6 is 11.3 Å². The summed E-state index contributed by atoms with van der Waals surface area (Å²) in [6.07, 6.45) is 0.841. The smallest absolute Gasteiger partial charge is 0.229 e. The van der Waals surface area contributed by atoms with E-state index in [2.05, 4.69) is 33.5 Å². The SMILES string of the molecule is CNC(Cc1ccccc1NC(=O)C(C)(C)C)c1ccsc1. The molecule has 1 aromatic carbocycles. The van der Waals surface area contributed by atoms with Gasteiger partial charge in [0.1, 0.15) is 0 Å². The van der Waals surface area contributed by atoms with Gasteiger partial charge in [-0.15, -0.1) is 0 Å². The van der Waals surface area contributed by atoms with Crippen molar-refractivity contribution in [1.29, 1.82) is 0 Å². The molecule has 2 aromatic rings. The lowest BCUT2D eigenvalue weighted by Gasteiger charge is -2.21. The van der Waals surface area contributed by atoms with Crippen LogP contribution in [0.4, 0.5) is 5.69 Å². The number of para-hydroxylation sites is 1. The summed E-state index contributed by atoms with van der Waals surface area (Å²) in [5, 5.41) is 10.7. The monoisotopic (exact) mass is 316 g/mol. The molecule has 118 valence electrons. The Hall–Kier alpha value is -1.65. The molecule has 22 heavy (non-hydrogen) atoms. The van der Waals surface area contributed by atoms with Crippen LogP contribution in [0.25, 0.3) is 0 Å². The van der Waals surface area contributed by atoms with E-state index in [1.165, 1.54) is 5.56 Å². The molecule has 1 atom stereocenters. The molecule has 3 nitrogen and oxygen atoms in total. The van der Waals surface area contributed by atoms with E-state index in [4.69, 9.17) is 0 Å². The van der Waals surface area contributed by atoms with Gasteiger partial charge >= 0.3 is 0 Å². The molecule has 2 N–H and O–H groups in total. The van der Waals surface area contributed by atoms with Gasteiger partial charge in [0.2, 0.25) is 5.91 Å². The number of thiophene rings is 1. The van der Waals surface area contributed by atoms with Crippen LogP contribution in [-0.4, -0.2) is 13.0 Å². The predicted molar refractivity (Wildman–Crippen MR) is 94.4 cm³/mol. The Kier molecular flexibility index (Phi) is 5.37. The van der Waals surface area contributed by atoms with E-state index >= 15 is 0 Å². The highest BCUT2D eigenvalue weighted by atomic mass is 32.1. The normalized spacial score (nSPS) is 12.9. The van der Waals surface area contributed by atoms with Crippen molar-refractivity contribution in [2.45, 2.75) is 33.2 Å². The minimum atomic E-state index is -0.400. The number of rotatable bonds is 5. The van der Waals surface area contributed by atoms with Crippen LogP contribution in [0.1, 0.15) is 37.9 Å². The van der Waals surface area contributed by atoms with Crippen molar-refractivity contribution in [1.82, 2.24) is 5.32 Å². The van der Waals surface area contributed by atoms with Gasteiger partial charge in [-0.3, -0.25) is 4.79 Å². The van der Waals surface area contributed by atoms with E-state index in [0.29, 0.717) is 0 Å². The molecule has 0 saturated heterocycles. The van der Waals surface area contributed by atoms with Gasteiger partial charge in [-0.25, -0.2) is 0 Å².